The molecule has 2 N–H and O–H groups in total. The average Bonchev–Trinajstić information content (AvgIpc) is 2.39. The van der Waals surface area contributed by atoms with Crippen molar-refractivity contribution in [3.63, 3.8) is 0 Å². The van der Waals surface area contributed by atoms with Gasteiger partial charge in [-0.1, -0.05) is 72.1 Å². The van der Waals surface area contributed by atoms with Crippen molar-refractivity contribution >= 4 is 0 Å². The van der Waals surface area contributed by atoms with Crippen LogP contribution in [0.1, 0.15) is 72.1 Å². The van der Waals surface area contributed by atoms with Gasteiger partial charge in [-0.25, -0.2) is 0 Å². The molecule has 0 spiro atoms. The van der Waals surface area contributed by atoms with Gasteiger partial charge in [-0.3, -0.25) is 0 Å². The van der Waals surface area contributed by atoms with Crippen molar-refractivity contribution in [2.24, 2.45) is 5.92 Å². The highest BCUT2D eigenvalue weighted by atomic mass is 16.5. The van der Waals surface area contributed by atoms with Crippen LogP contribution in [0.2, 0.25) is 0 Å². The van der Waals surface area contributed by atoms with E-state index >= 15 is 0 Å². The summed E-state index contributed by atoms with van der Waals surface area (Å²) in [6, 6.07) is 0. The van der Waals surface area contributed by atoms with Crippen molar-refractivity contribution in [2.45, 2.75) is 72.1 Å². The Bertz CT molecular complexity index is 134. The Morgan fingerprint density at radius 3 is 1.68 bits per heavy atom. The lowest BCUT2D eigenvalue weighted by Gasteiger charge is -2.03. The summed E-state index contributed by atoms with van der Waals surface area (Å²) in [4.78, 5) is 0. The Labute approximate surface area is 120 Å². The molecule has 0 saturated carbocycles. The molecular formula is C16H36O3. The Balaban J connectivity index is 0. The van der Waals surface area contributed by atoms with Gasteiger partial charge in [0.1, 0.15) is 0 Å². The fourth-order valence-corrected chi connectivity index (χ4v) is 1.74. The molecule has 0 aliphatic heterocycles. The number of hydrogen-bond donors (Lipinski definition) is 2. The molecule has 0 aromatic carbocycles. The van der Waals surface area contributed by atoms with Crippen LogP contribution in [0.3, 0.4) is 0 Å². The van der Waals surface area contributed by atoms with Gasteiger partial charge in [0.2, 0.25) is 0 Å². The second kappa shape index (κ2) is 20.2. The van der Waals surface area contributed by atoms with Crippen LogP contribution in [0.25, 0.3) is 0 Å². The maximum atomic E-state index is 8.09. The first-order chi connectivity index (χ1) is 9.18. The molecule has 3 heteroatoms. The van der Waals surface area contributed by atoms with Crippen molar-refractivity contribution in [1.82, 2.24) is 0 Å². The first-order valence-corrected chi connectivity index (χ1v) is 7.98. The second-order valence-corrected chi connectivity index (χ2v) is 5.36. The lowest BCUT2D eigenvalue weighted by molar-refractivity contribution is 0.0650. The molecule has 0 saturated heterocycles. The van der Waals surface area contributed by atoms with Crippen LogP contribution in [-0.4, -0.2) is 36.6 Å². The predicted octanol–water partition coefficient (Wildman–Crippen LogP) is 3.77. The third-order valence-electron chi connectivity index (χ3n) is 2.86. The minimum atomic E-state index is 0.0278. The van der Waals surface area contributed by atoms with Crippen LogP contribution < -0.4 is 0 Å². The van der Waals surface area contributed by atoms with Gasteiger partial charge in [0, 0.05) is 0 Å². The standard InChI is InChI=1S/C12H26.C4H10O3/c1-4-5-6-7-8-9-10-11-12(2)3;5-1-3-7-4-2-6/h12H,4-11H2,1-3H3;5-6H,1-4H2. The maximum absolute atomic E-state index is 8.09. The van der Waals surface area contributed by atoms with Crippen molar-refractivity contribution in [1.29, 1.82) is 0 Å². The summed E-state index contributed by atoms with van der Waals surface area (Å²) in [6.07, 6.45) is 11.5. The molecule has 0 rings (SSSR count). The van der Waals surface area contributed by atoms with E-state index in [4.69, 9.17) is 10.2 Å². The smallest absolute Gasteiger partial charge is 0.0698 e. The Kier molecular flexibility index (Phi) is 22.5. The van der Waals surface area contributed by atoms with E-state index < -0.39 is 0 Å². The fourth-order valence-electron chi connectivity index (χ4n) is 1.74. The van der Waals surface area contributed by atoms with Gasteiger partial charge in [0.25, 0.3) is 0 Å². The summed E-state index contributed by atoms with van der Waals surface area (Å²) in [6.45, 7) is 7.61. The van der Waals surface area contributed by atoms with Crippen molar-refractivity contribution in [3.8, 4) is 0 Å². The van der Waals surface area contributed by atoms with Crippen LogP contribution in [0.5, 0.6) is 0 Å². The van der Waals surface area contributed by atoms with Gasteiger partial charge < -0.3 is 14.9 Å². The summed E-state index contributed by atoms with van der Waals surface area (Å²) in [5, 5.41) is 16.2. The molecular weight excluding hydrogens is 240 g/mol. The van der Waals surface area contributed by atoms with E-state index in [0.717, 1.165) is 5.92 Å². The predicted molar refractivity (Wildman–Crippen MR) is 82.4 cm³/mol. The van der Waals surface area contributed by atoms with Gasteiger partial charge >= 0.3 is 0 Å². The number of rotatable bonds is 12. The van der Waals surface area contributed by atoms with E-state index in [2.05, 4.69) is 25.5 Å². The number of ether oxygens (including phenoxy) is 1. The minimum absolute atomic E-state index is 0.0278. The number of aliphatic hydroxyl groups excluding tert-OH is 2. The SMILES string of the molecule is CCCCCCCCCC(C)C.OCCOCCO. The van der Waals surface area contributed by atoms with E-state index in [1.165, 1.54) is 51.4 Å². The molecule has 0 radical (unpaired) electrons. The van der Waals surface area contributed by atoms with Crippen LogP contribution in [0.4, 0.5) is 0 Å². The highest BCUT2D eigenvalue weighted by Gasteiger charge is 1.93. The first-order valence-electron chi connectivity index (χ1n) is 7.98. The van der Waals surface area contributed by atoms with Crippen LogP contribution in [0, 0.1) is 5.92 Å². The number of aliphatic hydroxyl groups is 2. The summed E-state index contributed by atoms with van der Waals surface area (Å²) < 4.78 is 4.63. The highest BCUT2D eigenvalue weighted by molar-refractivity contribution is 4.48. The van der Waals surface area contributed by atoms with Crippen molar-refractivity contribution in [3.05, 3.63) is 0 Å². The first kappa shape index (κ1) is 21.2. The summed E-state index contributed by atoms with van der Waals surface area (Å²) in [5.74, 6) is 0.903. The highest BCUT2D eigenvalue weighted by Crippen LogP contribution is 2.11. The quantitative estimate of drug-likeness (QED) is 0.533. The van der Waals surface area contributed by atoms with Gasteiger partial charge in [-0.05, 0) is 5.92 Å². The summed E-state index contributed by atoms with van der Waals surface area (Å²) >= 11 is 0. The zero-order valence-electron chi connectivity index (χ0n) is 13.4. The monoisotopic (exact) mass is 276 g/mol. The van der Waals surface area contributed by atoms with Crippen LogP contribution >= 0.6 is 0 Å². The molecule has 0 amide bonds. The zero-order chi connectivity index (χ0) is 14.8. The molecule has 0 aliphatic rings. The lowest BCUT2D eigenvalue weighted by Crippen LogP contribution is -2.03. The van der Waals surface area contributed by atoms with Gasteiger partial charge in [-0.15, -0.1) is 0 Å². The van der Waals surface area contributed by atoms with E-state index in [1.54, 1.807) is 0 Å². The molecule has 0 atom stereocenters. The topological polar surface area (TPSA) is 49.7 Å². The molecule has 0 aliphatic carbocycles. The third-order valence-corrected chi connectivity index (χ3v) is 2.86. The Morgan fingerprint density at radius 1 is 0.789 bits per heavy atom. The fraction of sp³-hybridized carbons (Fsp3) is 1.00. The average molecular weight is 276 g/mol. The maximum Gasteiger partial charge on any atom is 0.0698 e. The molecule has 0 unspecified atom stereocenters. The molecule has 118 valence electrons. The molecule has 0 bridgehead atoms. The van der Waals surface area contributed by atoms with Crippen LogP contribution in [0.15, 0.2) is 0 Å². The molecule has 0 aromatic rings. The summed E-state index contributed by atoms with van der Waals surface area (Å²) in [5.41, 5.74) is 0. The lowest BCUT2D eigenvalue weighted by atomic mass is 10.0. The van der Waals surface area contributed by atoms with Gasteiger partial charge in [0.15, 0.2) is 0 Å². The Hall–Kier alpha value is -0.120. The minimum Gasteiger partial charge on any atom is -0.394 e. The van der Waals surface area contributed by atoms with Crippen molar-refractivity contribution < 1.29 is 14.9 Å². The van der Waals surface area contributed by atoms with E-state index in [9.17, 15) is 0 Å². The largest absolute Gasteiger partial charge is 0.394 e. The van der Waals surface area contributed by atoms with E-state index in [-0.39, 0.29) is 13.2 Å². The molecule has 19 heavy (non-hydrogen) atoms. The molecule has 0 aromatic heterocycles. The van der Waals surface area contributed by atoms with E-state index in [1.807, 2.05) is 0 Å². The van der Waals surface area contributed by atoms with Crippen molar-refractivity contribution in [2.75, 3.05) is 26.4 Å². The number of hydrogen-bond acceptors (Lipinski definition) is 3. The molecule has 0 fully saturated rings. The van der Waals surface area contributed by atoms with E-state index in [0.29, 0.717) is 13.2 Å². The number of unbranched alkanes of at least 4 members (excludes halogenated alkanes) is 6. The zero-order valence-corrected chi connectivity index (χ0v) is 13.4. The summed E-state index contributed by atoms with van der Waals surface area (Å²) in [7, 11) is 0. The third kappa shape index (κ3) is 27.2. The molecule has 0 heterocycles. The Morgan fingerprint density at radius 2 is 1.26 bits per heavy atom. The second-order valence-electron chi connectivity index (χ2n) is 5.36. The normalized spacial score (nSPS) is 10.4. The van der Waals surface area contributed by atoms with Crippen LogP contribution in [-0.2, 0) is 4.74 Å². The van der Waals surface area contributed by atoms with Gasteiger partial charge in [0.05, 0.1) is 26.4 Å². The van der Waals surface area contributed by atoms with Gasteiger partial charge in [-0.2, -0.15) is 0 Å². The molecule has 3 nitrogen and oxygen atoms in total.